The zero-order valence-electron chi connectivity index (χ0n) is 11.5. The molecule has 1 aromatic heterocycles. The number of primary sulfonamides is 1. The molecule has 0 saturated carbocycles. The average molecular weight is 296 g/mol. The largest absolute Gasteiger partial charge is 0.484 e. The molecule has 0 aliphatic carbocycles. The van der Waals surface area contributed by atoms with Gasteiger partial charge in [-0.1, -0.05) is 6.07 Å². The summed E-state index contributed by atoms with van der Waals surface area (Å²) in [6.07, 6.45) is 1.54. The van der Waals surface area contributed by atoms with Crippen molar-refractivity contribution in [2.75, 3.05) is 0 Å². The lowest BCUT2D eigenvalue weighted by atomic mass is 10.1. The average Bonchev–Trinajstić information content (AvgIpc) is 2.72. The van der Waals surface area contributed by atoms with E-state index in [2.05, 4.69) is 10.2 Å². The van der Waals surface area contributed by atoms with Gasteiger partial charge in [0.15, 0.2) is 5.82 Å². The Morgan fingerprint density at radius 3 is 2.60 bits per heavy atom. The number of aryl methyl sites for hydroxylation is 3. The summed E-state index contributed by atoms with van der Waals surface area (Å²) >= 11 is 0. The lowest BCUT2D eigenvalue weighted by Gasteiger charge is -2.13. The van der Waals surface area contributed by atoms with Gasteiger partial charge in [0.05, 0.1) is 0 Å². The molecule has 108 valence electrons. The SMILES string of the molecule is Cc1cc(C)c(OCc2nncn2C)c(S(N)(=O)=O)c1. The lowest BCUT2D eigenvalue weighted by Crippen LogP contribution is -2.15. The molecule has 2 rings (SSSR count). The summed E-state index contributed by atoms with van der Waals surface area (Å²) in [6, 6.07) is 3.33. The Labute approximate surface area is 117 Å². The smallest absolute Gasteiger partial charge is 0.241 e. The molecule has 0 fully saturated rings. The molecule has 0 aliphatic rings. The summed E-state index contributed by atoms with van der Waals surface area (Å²) in [4.78, 5) is -0.0165. The number of benzene rings is 1. The molecule has 7 nitrogen and oxygen atoms in total. The molecule has 2 aromatic rings. The lowest BCUT2D eigenvalue weighted by molar-refractivity contribution is 0.281. The van der Waals surface area contributed by atoms with Crippen LogP contribution < -0.4 is 9.88 Å². The van der Waals surface area contributed by atoms with E-state index < -0.39 is 10.0 Å². The Bertz CT molecular complexity index is 737. The molecule has 1 aromatic carbocycles. The van der Waals surface area contributed by atoms with E-state index in [0.29, 0.717) is 11.4 Å². The van der Waals surface area contributed by atoms with Crippen molar-refractivity contribution in [2.24, 2.45) is 12.2 Å². The Kier molecular flexibility index (Phi) is 3.78. The summed E-state index contributed by atoms with van der Waals surface area (Å²) in [5, 5.41) is 12.8. The first-order valence-electron chi connectivity index (χ1n) is 5.89. The highest BCUT2D eigenvalue weighted by Crippen LogP contribution is 2.29. The van der Waals surface area contributed by atoms with Gasteiger partial charge in [-0.05, 0) is 31.0 Å². The van der Waals surface area contributed by atoms with E-state index >= 15 is 0 Å². The summed E-state index contributed by atoms with van der Waals surface area (Å²) in [5.74, 6) is 0.839. The highest BCUT2D eigenvalue weighted by Gasteiger charge is 2.18. The van der Waals surface area contributed by atoms with Crippen LogP contribution in [-0.4, -0.2) is 23.2 Å². The number of aromatic nitrogens is 3. The van der Waals surface area contributed by atoms with E-state index in [1.807, 2.05) is 6.07 Å². The zero-order chi connectivity index (χ0) is 14.9. The summed E-state index contributed by atoms with van der Waals surface area (Å²) in [5.41, 5.74) is 1.51. The first-order valence-corrected chi connectivity index (χ1v) is 7.43. The van der Waals surface area contributed by atoms with Crippen molar-refractivity contribution in [1.29, 1.82) is 0 Å². The minimum atomic E-state index is -3.85. The Morgan fingerprint density at radius 2 is 2.05 bits per heavy atom. The van der Waals surface area contributed by atoms with E-state index in [0.717, 1.165) is 5.56 Å². The Hall–Kier alpha value is -1.93. The quantitative estimate of drug-likeness (QED) is 0.893. The van der Waals surface area contributed by atoms with Crippen molar-refractivity contribution in [2.45, 2.75) is 25.3 Å². The molecular formula is C12H16N4O3S. The van der Waals surface area contributed by atoms with Crippen molar-refractivity contribution in [3.05, 3.63) is 35.4 Å². The van der Waals surface area contributed by atoms with Gasteiger partial charge in [-0.25, -0.2) is 13.6 Å². The number of sulfonamides is 1. The van der Waals surface area contributed by atoms with Gasteiger partial charge in [0, 0.05) is 7.05 Å². The standard InChI is InChI=1S/C12H16N4O3S/c1-8-4-9(2)12(10(5-8)20(13,17)18)19-6-11-15-14-7-16(11)3/h4-5,7H,6H2,1-3H3,(H2,13,17,18). The number of hydrogen-bond acceptors (Lipinski definition) is 5. The Morgan fingerprint density at radius 1 is 1.35 bits per heavy atom. The van der Waals surface area contributed by atoms with Gasteiger partial charge < -0.3 is 9.30 Å². The highest BCUT2D eigenvalue weighted by molar-refractivity contribution is 7.89. The van der Waals surface area contributed by atoms with Gasteiger partial charge in [-0.3, -0.25) is 0 Å². The van der Waals surface area contributed by atoms with Gasteiger partial charge in [-0.2, -0.15) is 0 Å². The minimum absolute atomic E-state index is 0.0165. The predicted molar refractivity (Wildman–Crippen MR) is 72.6 cm³/mol. The van der Waals surface area contributed by atoms with Crippen molar-refractivity contribution in [1.82, 2.24) is 14.8 Å². The predicted octanol–water partition coefficient (Wildman–Crippen LogP) is 0.658. The second-order valence-corrected chi connectivity index (χ2v) is 6.13. The summed E-state index contributed by atoms with van der Waals surface area (Å²) in [6.45, 7) is 3.69. The molecule has 0 amide bonds. The maximum absolute atomic E-state index is 11.7. The number of ether oxygens (including phenoxy) is 1. The van der Waals surface area contributed by atoms with Crippen LogP contribution in [-0.2, 0) is 23.7 Å². The van der Waals surface area contributed by atoms with Crippen LogP contribution in [0.3, 0.4) is 0 Å². The molecule has 0 radical (unpaired) electrons. The van der Waals surface area contributed by atoms with E-state index in [4.69, 9.17) is 9.88 Å². The van der Waals surface area contributed by atoms with Gasteiger partial charge in [0.25, 0.3) is 0 Å². The first-order chi connectivity index (χ1) is 9.29. The van der Waals surface area contributed by atoms with Crippen LogP contribution in [0.4, 0.5) is 0 Å². The van der Waals surface area contributed by atoms with Crippen molar-refractivity contribution in [3.8, 4) is 5.75 Å². The van der Waals surface area contributed by atoms with Gasteiger partial charge in [-0.15, -0.1) is 10.2 Å². The van der Waals surface area contributed by atoms with Crippen LogP contribution in [0.15, 0.2) is 23.4 Å². The van der Waals surface area contributed by atoms with Crippen molar-refractivity contribution < 1.29 is 13.2 Å². The summed E-state index contributed by atoms with van der Waals surface area (Å²) in [7, 11) is -2.07. The fraction of sp³-hybridized carbons (Fsp3) is 0.333. The molecule has 0 unspecified atom stereocenters. The molecule has 8 heteroatoms. The van der Waals surface area contributed by atoms with E-state index in [1.165, 1.54) is 6.07 Å². The maximum Gasteiger partial charge on any atom is 0.241 e. The Balaban J connectivity index is 2.38. The van der Waals surface area contributed by atoms with Gasteiger partial charge in [0.2, 0.25) is 10.0 Å². The van der Waals surface area contributed by atoms with Crippen LogP contribution >= 0.6 is 0 Å². The second kappa shape index (κ2) is 5.22. The number of nitrogens with zero attached hydrogens (tertiary/aromatic N) is 3. The van der Waals surface area contributed by atoms with Gasteiger partial charge >= 0.3 is 0 Å². The first kappa shape index (κ1) is 14.5. The van der Waals surface area contributed by atoms with Crippen molar-refractivity contribution in [3.63, 3.8) is 0 Å². The fourth-order valence-electron chi connectivity index (χ4n) is 1.89. The second-order valence-electron chi connectivity index (χ2n) is 4.60. The van der Waals surface area contributed by atoms with Crippen LogP contribution in [0.2, 0.25) is 0 Å². The molecule has 0 saturated heterocycles. The fourth-order valence-corrected chi connectivity index (χ4v) is 2.71. The van der Waals surface area contributed by atoms with Crippen molar-refractivity contribution >= 4 is 10.0 Å². The normalized spacial score (nSPS) is 11.6. The summed E-state index contributed by atoms with van der Waals surface area (Å²) < 4.78 is 30.6. The third kappa shape index (κ3) is 2.97. The molecule has 0 bridgehead atoms. The molecule has 0 aliphatic heterocycles. The van der Waals surface area contributed by atoms with E-state index in [9.17, 15) is 8.42 Å². The molecule has 20 heavy (non-hydrogen) atoms. The third-order valence-corrected chi connectivity index (χ3v) is 3.76. The highest BCUT2D eigenvalue weighted by atomic mass is 32.2. The van der Waals surface area contributed by atoms with E-state index in [1.54, 1.807) is 31.8 Å². The van der Waals surface area contributed by atoms with E-state index in [-0.39, 0.29) is 17.3 Å². The van der Waals surface area contributed by atoms with Gasteiger partial charge in [0.1, 0.15) is 23.6 Å². The van der Waals surface area contributed by atoms with Crippen LogP contribution in [0.1, 0.15) is 17.0 Å². The molecule has 1 heterocycles. The topological polar surface area (TPSA) is 100 Å². The van der Waals surface area contributed by atoms with Crippen LogP contribution in [0.5, 0.6) is 5.75 Å². The molecule has 0 atom stereocenters. The number of nitrogens with two attached hydrogens (primary N) is 1. The zero-order valence-corrected chi connectivity index (χ0v) is 12.3. The third-order valence-electron chi connectivity index (χ3n) is 2.84. The number of rotatable bonds is 4. The van der Waals surface area contributed by atoms with Crippen LogP contribution in [0.25, 0.3) is 0 Å². The van der Waals surface area contributed by atoms with Crippen LogP contribution in [0, 0.1) is 13.8 Å². The maximum atomic E-state index is 11.7. The molecule has 0 spiro atoms. The monoisotopic (exact) mass is 296 g/mol. The molecular weight excluding hydrogens is 280 g/mol. The molecule has 2 N–H and O–H groups in total. The minimum Gasteiger partial charge on any atom is -0.484 e. The number of hydrogen-bond donors (Lipinski definition) is 1.